The average Bonchev–Trinajstić information content (AvgIpc) is 2.26. The lowest BCUT2D eigenvalue weighted by atomic mass is 9.64. The second kappa shape index (κ2) is 5.19. The third-order valence-corrected chi connectivity index (χ3v) is 4.65. The van der Waals surface area contributed by atoms with Gasteiger partial charge in [-0.15, -0.1) is 0 Å². The zero-order valence-electron chi connectivity index (χ0n) is 9.80. The van der Waals surface area contributed by atoms with E-state index in [-0.39, 0.29) is 0 Å². The van der Waals surface area contributed by atoms with Gasteiger partial charge in [0.25, 0.3) is 0 Å². The van der Waals surface area contributed by atoms with E-state index in [1.165, 1.54) is 38.5 Å². The minimum atomic E-state index is 1.12. The molecule has 0 heterocycles. The standard InChI is InChI=1S/C14H26/c1-2-3-7-12-9-6-10-13-8-4-5-11-14(12)13/h12-14H,2-11H2,1H3/t12?,13-,14-/m0/s1. The first-order valence-corrected chi connectivity index (χ1v) is 6.92. The van der Waals surface area contributed by atoms with Gasteiger partial charge >= 0.3 is 0 Å². The van der Waals surface area contributed by atoms with Crippen molar-refractivity contribution in [2.75, 3.05) is 0 Å². The molecule has 0 N–H and O–H groups in total. The zero-order valence-corrected chi connectivity index (χ0v) is 9.80. The first-order chi connectivity index (χ1) is 6.92. The van der Waals surface area contributed by atoms with E-state index >= 15 is 0 Å². The van der Waals surface area contributed by atoms with Crippen LogP contribution in [0.3, 0.4) is 0 Å². The van der Waals surface area contributed by atoms with E-state index < -0.39 is 0 Å². The molecule has 0 aromatic rings. The highest BCUT2D eigenvalue weighted by molar-refractivity contribution is 4.84. The molecule has 2 saturated carbocycles. The molecule has 2 aliphatic rings. The quantitative estimate of drug-likeness (QED) is 0.606. The van der Waals surface area contributed by atoms with Gasteiger partial charge in [-0.3, -0.25) is 0 Å². The van der Waals surface area contributed by atoms with Crippen LogP contribution in [0.2, 0.25) is 0 Å². The molecule has 2 aliphatic carbocycles. The van der Waals surface area contributed by atoms with Crippen LogP contribution in [0.5, 0.6) is 0 Å². The molecule has 0 amide bonds. The second-order valence-corrected chi connectivity index (χ2v) is 5.54. The smallest absolute Gasteiger partial charge is 0.0357 e. The molecule has 0 radical (unpaired) electrons. The van der Waals surface area contributed by atoms with Crippen LogP contribution in [0.15, 0.2) is 0 Å². The Labute approximate surface area is 89.5 Å². The average molecular weight is 194 g/mol. The summed E-state index contributed by atoms with van der Waals surface area (Å²) >= 11 is 0. The topological polar surface area (TPSA) is 0 Å². The van der Waals surface area contributed by atoms with Crippen molar-refractivity contribution in [1.29, 1.82) is 0 Å². The predicted octanol–water partition coefficient (Wildman–Crippen LogP) is 4.78. The molecule has 2 fully saturated rings. The van der Waals surface area contributed by atoms with Crippen molar-refractivity contribution in [3.63, 3.8) is 0 Å². The molecule has 0 nitrogen and oxygen atoms in total. The Morgan fingerprint density at radius 1 is 0.929 bits per heavy atom. The van der Waals surface area contributed by atoms with Gasteiger partial charge in [0.1, 0.15) is 0 Å². The SMILES string of the molecule is CCCCC1CCC[C@@H]2CCCC[C@@H]12. The van der Waals surface area contributed by atoms with Crippen LogP contribution in [0.25, 0.3) is 0 Å². The number of unbranched alkanes of at least 4 members (excludes halogenated alkanes) is 1. The van der Waals surface area contributed by atoms with Gasteiger partial charge < -0.3 is 0 Å². The molecule has 0 bridgehead atoms. The molecular weight excluding hydrogens is 168 g/mol. The summed E-state index contributed by atoms with van der Waals surface area (Å²) in [6.45, 7) is 2.33. The summed E-state index contributed by atoms with van der Waals surface area (Å²) in [4.78, 5) is 0. The Morgan fingerprint density at radius 3 is 2.57 bits per heavy atom. The molecular formula is C14H26. The Morgan fingerprint density at radius 2 is 1.71 bits per heavy atom. The molecule has 82 valence electrons. The van der Waals surface area contributed by atoms with Crippen molar-refractivity contribution < 1.29 is 0 Å². The van der Waals surface area contributed by atoms with E-state index in [0.717, 1.165) is 17.8 Å². The zero-order chi connectivity index (χ0) is 9.80. The van der Waals surface area contributed by atoms with Crippen LogP contribution < -0.4 is 0 Å². The largest absolute Gasteiger partial charge is 0.0654 e. The maximum absolute atomic E-state index is 2.33. The molecule has 0 aliphatic heterocycles. The molecule has 14 heavy (non-hydrogen) atoms. The molecule has 0 aromatic carbocycles. The fourth-order valence-corrected chi connectivity index (χ4v) is 3.90. The second-order valence-electron chi connectivity index (χ2n) is 5.54. The Bertz CT molecular complexity index is 159. The maximum atomic E-state index is 2.33. The van der Waals surface area contributed by atoms with E-state index in [9.17, 15) is 0 Å². The minimum absolute atomic E-state index is 1.12. The van der Waals surface area contributed by atoms with Crippen molar-refractivity contribution in [3.8, 4) is 0 Å². The minimum Gasteiger partial charge on any atom is -0.0654 e. The summed E-state index contributed by atoms with van der Waals surface area (Å²) in [6, 6.07) is 0. The van der Waals surface area contributed by atoms with E-state index in [1.807, 2.05) is 0 Å². The lowest BCUT2D eigenvalue weighted by Gasteiger charge is -2.41. The highest BCUT2D eigenvalue weighted by Gasteiger charge is 2.33. The van der Waals surface area contributed by atoms with E-state index in [0.29, 0.717) is 0 Å². The van der Waals surface area contributed by atoms with Crippen LogP contribution in [-0.4, -0.2) is 0 Å². The van der Waals surface area contributed by atoms with E-state index in [1.54, 1.807) is 25.7 Å². The number of rotatable bonds is 3. The number of fused-ring (bicyclic) bond motifs is 1. The first kappa shape index (κ1) is 10.5. The monoisotopic (exact) mass is 194 g/mol. The summed E-state index contributed by atoms with van der Waals surface area (Å²) < 4.78 is 0. The summed E-state index contributed by atoms with van der Waals surface area (Å²) in [6.07, 6.45) is 15.3. The van der Waals surface area contributed by atoms with Crippen LogP contribution in [0.4, 0.5) is 0 Å². The molecule has 0 saturated heterocycles. The van der Waals surface area contributed by atoms with Crippen molar-refractivity contribution in [2.24, 2.45) is 17.8 Å². The predicted molar refractivity (Wildman–Crippen MR) is 62.3 cm³/mol. The highest BCUT2D eigenvalue weighted by atomic mass is 14.4. The third kappa shape index (κ3) is 2.32. The van der Waals surface area contributed by atoms with Gasteiger partial charge in [0.2, 0.25) is 0 Å². The lowest BCUT2D eigenvalue weighted by molar-refractivity contribution is 0.0965. The van der Waals surface area contributed by atoms with E-state index in [4.69, 9.17) is 0 Å². The summed E-state index contributed by atoms with van der Waals surface area (Å²) in [5, 5.41) is 0. The van der Waals surface area contributed by atoms with Gasteiger partial charge in [-0.05, 0) is 24.2 Å². The number of hydrogen-bond acceptors (Lipinski definition) is 0. The molecule has 1 unspecified atom stereocenters. The molecule has 3 atom stereocenters. The van der Waals surface area contributed by atoms with Crippen LogP contribution in [0, 0.1) is 17.8 Å². The number of hydrogen-bond donors (Lipinski definition) is 0. The molecule has 2 rings (SSSR count). The van der Waals surface area contributed by atoms with Crippen molar-refractivity contribution in [2.45, 2.75) is 71.1 Å². The highest BCUT2D eigenvalue weighted by Crippen LogP contribution is 2.45. The van der Waals surface area contributed by atoms with Gasteiger partial charge in [-0.1, -0.05) is 64.7 Å². The third-order valence-electron chi connectivity index (χ3n) is 4.65. The summed E-state index contributed by atoms with van der Waals surface area (Å²) in [5.41, 5.74) is 0. The Hall–Kier alpha value is 0. The van der Waals surface area contributed by atoms with Crippen molar-refractivity contribution in [1.82, 2.24) is 0 Å². The fourth-order valence-electron chi connectivity index (χ4n) is 3.90. The Balaban J connectivity index is 1.88. The van der Waals surface area contributed by atoms with Gasteiger partial charge in [0.15, 0.2) is 0 Å². The molecule has 0 heteroatoms. The Kier molecular flexibility index (Phi) is 3.89. The van der Waals surface area contributed by atoms with Crippen molar-refractivity contribution >= 4 is 0 Å². The van der Waals surface area contributed by atoms with Crippen LogP contribution >= 0.6 is 0 Å². The summed E-state index contributed by atoms with van der Waals surface area (Å²) in [7, 11) is 0. The van der Waals surface area contributed by atoms with Gasteiger partial charge in [0.05, 0.1) is 0 Å². The van der Waals surface area contributed by atoms with Gasteiger partial charge in [-0.25, -0.2) is 0 Å². The maximum Gasteiger partial charge on any atom is -0.0357 e. The first-order valence-electron chi connectivity index (χ1n) is 6.92. The lowest BCUT2D eigenvalue weighted by Crippen LogP contribution is -2.30. The van der Waals surface area contributed by atoms with Crippen LogP contribution in [0.1, 0.15) is 71.1 Å². The fraction of sp³-hybridized carbons (Fsp3) is 1.00. The van der Waals surface area contributed by atoms with Gasteiger partial charge in [0, 0.05) is 0 Å². The molecule has 0 spiro atoms. The van der Waals surface area contributed by atoms with Crippen LogP contribution in [-0.2, 0) is 0 Å². The molecule has 0 aromatic heterocycles. The van der Waals surface area contributed by atoms with Crippen molar-refractivity contribution in [3.05, 3.63) is 0 Å². The normalized spacial score (nSPS) is 37.9. The van der Waals surface area contributed by atoms with E-state index in [2.05, 4.69) is 6.92 Å². The summed E-state index contributed by atoms with van der Waals surface area (Å²) in [5.74, 6) is 3.40. The van der Waals surface area contributed by atoms with Gasteiger partial charge in [-0.2, -0.15) is 0 Å².